The Hall–Kier alpha value is -1.40. The van der Waals surface area contributed by atoms with Crippen LogP contribution in [0.4, 0.5) is 5.95 Å². The number of hydrogen-bond acceptors (Lipinski definition) is 5. The van der Waals surface area contributed by atoms with Gasteiger partial charge in [-0.25, -0.2) is 4.98 Å². The van der Waals surface area contributed by atoms with Crippen LogP contribution in [0.15, 0.2) is 10.9 Å². The van der Waals surface area contributed by atoms with Crippen LogP contribution in [0.25, 0.3) is 0 Å². The molecule has 0 aromatic carbocycles. The molecule has 0 unspecified atom stereocenters. The molecule has 0 aliphatic carbocycles. The van der Waals surface area contributed by atoms with Crippen molar-refractivity contribution in [2.75, 3.05) is 31.7 Å². The standard InChI is InChI=1S/C15H23N3O3/c1-20-11-12-9-14(19)18(10-13-5-4-8-21-13)15(16-12)17-6-2-3-7-17/h9,13H,2-8,10-11H2,1H3/t13-/m0/s1. The van der Waals surface area contributed by atoms with Gasteiger partial charge in [-0.15, -0.1) is 0 Å². The minimum Gasteiger partial charge on any atom is -0.378 e. The van der Waals surface area contributed by atoms with Gasteiger partial charge >= 0.3 is 0 Å². The summed E-state index contributed by atoms with van der Waals surface area (Å²) in [5.74, 6) is 0.780. The number of hydrogen-bond donors (Lipinski definition) is 0. The molecule has 1 atom stereocenters. The van der Waals surface area contributed by atoms with Gasteiger partial charge in [0, 0.05) is 32.9 Å². The molecule has 2 saturated heterocycles. The molecule has 2 aliphatic rings. The maximum Gasteiger partial charge on any atom is 0.255 e. The van der Waals surface area contributed by atoms with Gasteiger partial charge in [-0.3, -0.25) is 9.36 Å². The summed E-state index contributed by atoms with van der Waals surface area (Å²) >= 11 is 0. The first-order chi connectivity index (χ1) is 10.3. The van der Waals surface area contributed by atoms with Crippen molar-refractivity contribution in [1.29, 1.82) is 0 Å². The highest BCUT2D eigenvalue weighted by Gasteiger charge is 2.23. The van der Waals surface area contributed by atoms with Crippen LogP contribution < -0.4 is 10.5 Å². The summed E-state index contributed by atoms with van der Waals surface area (Å²) in [5.41, 5.74) is 0.697. The smallest absolute Gasteiger partial charge is 0.255 e. The van der Waals surface area contributed by atoms with Gasteiger partial charge in [0.15, 0.2) is 0 Å². The van der Waals surface area contributed by atoms with E-state index < -0.39 is 0 Å². The van der Waals surface area contributed by atoms with E-state index in [0.717, 1.165) is 51.3 Å². The van der Waals surface area contributed by atoms with E-state index in [9.17, 15) is 4.79 Å². The minimum atomic E-state index is -0.00514. The Kier molecular flexibility index (Phi) is 4.55. The van der Waals surface area contributed by atoms with Crippen molar-refractivity contribution < 1.29 is 9.47 Å². The average molecular weight is 293 g/mol. The van der Waals surface area contributed by atoms with E-state index in [1.165, 1.54) is 0 Å². The average Bonchev–Trinajstić information content (AvgIpc) is 3.15. The molecule has 0 amide bonds. The highest BCUT2D eigenvalue weighted by Crippen LogP contribution is 2.20. The maximum absolute atomic E-state index is 12.5. The van der Waals surface area contributed by atoms with Crippen LogP contribution in [0.2, 0.25) is 0 Å². The molecule has 0 saturated carbocycles. The van der Waals surface area contributed by atoms with Crippen molar-refractivity contribution in [1.82, 2.24) is 9.55 Å². The first-order valence-corrected chi connectivity index (χ1v) is 7.74. The molecule has 0 radical (unpaired) electrons. The molecule has 6 heteroatoms. The number of aromatic nitrogens is 2. The summed E-state index contributed by atoms with van der Waals surface area (Å²) in [4.78, 5) is 19.3. The lowest BCUT2D eigenvalue weighted by Gasteiger charge is -2.23. The number of nitrogens with zero attached hydrogens (tertiary/aromatic N) is 3. The highest BCUT2D eigenvalue weighted by molar-refractivity contribution is 5.33. The van der Waals surface area contributed by atoms with E-state index in [2.05, 4.69) is 9.88 Å². The SMILES string of the molecule is COCc1cc(=O)n(C[C@@H]2CCCO2)c(N2CCCC2)n1. The summed E-state index contributed by atoms with van der Waals surface area (Å²) in [6.07, 6.45) is 4.55. The molecular formula is C15H23N3O3. The largest absolute Gasteiger partial charge is 0.378 e. The van der Waals surface area contributed by atoms with Crippen LogP contribution in [0.3, 0.4) is 0 Å². The molecule has 21 heavy (non-hydrogen) atoms. The summed E-state index contributed by atoms with van der Waals surface area (Å²) in [5, 5.41) is 0. The van der Waals surface area contributed by atoms with Crippen molar-refractivity contribution in [3.63, 3.8) is 0 Å². The van der Waals surface area contributed by atoms with Crippen LogP contribution >= 0.6 is 0 Å². The zero-order chi connectivity index (χ0) is 14.7. The van der Waals surface area contributed by atoms with Gasteiger partial charge in [-0.2, -0.15) is 0 Å². The number of ether oxygens (including phenoxy) is 2. The number of anilines is 1. The predicted molar refractivity (Wildman–Crippen MR) is 79.6 cm³/mol. The van der Waals surface area contributed by atoms with Crippen molar-refractivity contribution in [2.45, 2.75) is 44.9 Å². The van der Waals surface area contributed by atoms with Crippen LogP contribution in [0.5, 0.6) is 0 Å². The van der Waals surface area contributed by atoms with Gasteiger partial charge in [0.05, 0.1) is 24.9 Å². The van der Waals surface area contributed by atoms with E-state index in [1.54, 1.807) is 17.7 Å². The Bertz CT molecular complexity index is 531. The Balaban J connectivity index is 1.92. The summed E-state index contributed by atoms with van der Waals surface area (Å²) in [7, 11) is 1.62. The lowest BCUT2D eigenvalue weighted by molar-refractivity contribution is 0.0961. The molecule has 0 bridgehead atoms. The molecule has 6 nitrogen and oxygen atoms in total. The van der Waals surface area contributed by atoms with E-state index in [0.29, 0.717) is 18.8 Å². The first kappa shape index (κ1) is 14.5. The Morgan fingerprint density at radius 1 is 1.38 bits per heavy atom. The molecule has 2 fully saturated rings. The third kappa shape index (κ3) is 3.27. The molecule has 3 heterocycles. The van der Waals surface area contributed by atoms with Gasteiger partial charge in [-0.05, 0) is 25.7 Å². The van der Waals surface area contributed by atoms with Crippen molar-refractivity contribution in [3.8, 4) is 0 Å². The van der Waals surface area contributed by atoms with E-state index in [4.69, 9.17) is 9.47 Å². The van der Waals surface area contributed by atoms with Crippen molar-refractivity contribution in [2.24, 2.45) is 0 Å². The normalized spacial score (nSPS) is 22.1. The van der Waals surface area contributed by atoms with Crippen LogP contribution in [0, 0.1) is 0 Å². The Morgan fingerprint density at radius 2 is 2.19 bits per heavy atom. The quantitative estimate of drug-likeness (QED) is 0.815. The lowest BCUT2D eigenvalue weighted by Crippen LogP contribution is -2.34. The molecule has 1 aromatic heterocycles. The van der Waals surface area contributed by atoms with Crippen molar-refractivity contribution >= 4 is 5.95 Å². The molecule has 0 spiro atoms. The third-order valence-electron chi connectivity index (χ3n) is 4.13. The predicted octanol–water partition coefficient (Wildman–Crippen LogP) is 1.17. The van der Waals surface area contributed by atoms with Gasteiger partial charge in [0.1, 0.15) is 0 Å². The fourth-order valence-corrected chi connectivity index (χ4v) is 3.08. The van der Waals surface area contributed by atoms with Gasteiger partial charge in [-0.1, -0.05) is 0 Å². The second kappa shape index (κ2) is 6.58. The molecule has 3 rings (SSSR count). The minimum absolute atomic E-state index is 0.00514. The van der Waals surface area contributed by atoms with E-state index >= 15 is 0 Å². The maximum atomic E-state index is 12.5. The summed E-state index contributed by atoms with van der Waals surface area (Å²) < 4.78 is 12.6. The fourth-order valence-electron chi connectivity index (χ4n) is 3.08. The first-order valence-electron chi connectivity index (χ1n) is 7.74. The highest BCUT2D eigenvalue weighted by atomic mass is 16.5. The molecule has 2 aliphatic heterocycles. The molecule has 1 aromatic rings. The zero-order valence-electron chi connectivity index (χ0n) is 12.6. The van der Waals surface area contributed by atoms with Crippen LogP contribution in [-0.2, 0) is 22.6 Å². The Morgan fingerprint density at radius 3 is 2.86 bits per heavy atom. The lowest BCUT2D eigenvalue weighted by atomic mass is 10.2. The monoisotopic (exact) mass is 293 g/mol. The van der Waals surface area contributed by atoms with E-state index in [1.807, 2.05) is 0 Å². The van der Waals surface area contributed by atoms with Crippen LogP contribution in [0.1, 0.15) is 31.4 Å². The molecule has 0 N–H and O–H groups in total. The van der Waals surface area contributed by atoms with Gasteiger partial charge in [0.2, 0.25) is 5.95 Å². The second-order valence-corrected chi connectivity index (χ2v) is 5.76. The molecule has 116 valence electrons. The topological polar surface area (TPSA) is 56.6 Å². The fraction of sp³-hybridized carbons (Fsp3) is 0.733. The number of rotatable bonds is 5. The third-order valence-corrected chi connectivity index (χ3v) is 4.13. The Labute approximate surface area is 124 Å². The summed E-state index contributed by atoms with van der Waals surface area (Å²) in [6.45, 7) is 3.71. The van der Waals surface area contributed by atoms with Crippen molar-refractivity contribution in [3.05, 3.63) is 22.1 Å². The van der Waals surface area contributed by atoms with Crippen LogP contribution in [-0.4, -0.2) is 42.5 Å². The van der Waals surface area contributed by atoms with Gasteiger partial charge < -0.3 is 14.4 Å². The van der Waals surface area contributed by atoms with Gasteiger partial charge in [0.25, 0.3) is 5.56 Å². The number of methoxy groups -OCH3 is 1. The second-order valence-electron chi connectivity index (χ2n) is 5.76. The summed E-state index contributed by atoms with van der Waals surface area (Å²) in [6, 6.07) is 1.58. The molecular weight excluding hydrogens is 270 g/mol. The van der Waals surface area contributed by atoms with E-state index in [-0.39, 0.29) is 11.7 Å². The zero-order valence-corrected chi connectivity index (χ0v) is 12.6.